The number of likely N-dealkylation sites (tertiary alicyclic amines) is 1. The number of carboxylic acid groups (broad SMARTS) is 1. The van der Waals surface area contributed by atoms with Crippen LogP contribution in [-0.4, -0.2) is 48.8 Å². The van der Waals surface area contributed by atoms with Gasteiger partial charge in [0.2, 0.25) is 0 Å². The summed E-state index contributed by atoms with van der Waals surface area (Å²) in [5.41, 5.74) is 0. The lowest BCUT2D eigenvalue weighted by molar-refractivity contribution is -0.138. The molecule has 1 unspecified atom stereocenters. The quantitative estimate of drug-likeness (QED) is 0.676. The first-order valence-electron chi connectivity index (χ1n) is 6.19. The van der Waals surface area contributed by atoms with Crippen LogP contribution in [0.15, 0.2) is 0 Å². The molecule has 1 fully saturated rings. The summed E-state index contributed by atoms with van der Waals surface area (Å²) >= 11 is 0. The van der Waals surface area contributed by atoms with Gasteiger partial charge in [-0.3, -0.25) is 9.69 Å². The summed E-state index contributed by atoms with van der Waals surface area (Å²) in [6, 6.07) is 0.258. The van der Waals surface area contributed by atoms with E-state index in [0.717, 1.165) is 39.0 Å². The molecule has 1 heterocycles. The van der Waals surface area contributed by atoms with E-state index in [4.69, 9.17) is 9.84 Å². The Morgan fingerprint density at radius 1 is 1.44 bits per heavy atom. The highest BCUT2D eigenvalue weighted by Crippen LogP contribution is 2.20. The van der Waals surface area contributed by atoms with Gasteiger partial charge in [-0.2, -0.15) is 0 Å². The number of carbonyl (C=O) groups is 1. The summed E-state index contributed by atoms with van der Waals surface area (Å²) in [4.78, 5) is 13.1. The van der Waals surface area contributed by atoms with Gasteiger partial charge in [0.1, 0.15) is 0 Å². The molecule has 1 saturated heterocycles. The monoisotopic (exact) mass is 229 g/mol. The topological polar surface area (TPSA) is 49.8 Å². The van der Waals surface area contributed by atoms with E-state index in [-0.39, 0.29) is 6.04 Å². The van der Waals surface area contributed by atoms with Crippen molar-refractivity contribution in [3.63, 3.8) is 0 Å². The molecule has 1 aliphatic rings. The largest absolute Gasteiger partial charge is 0.481 e. The van der Waals surface area contributed by atoms with E-state index in [1.807, 2.05) is 0 Å². The zero-order valence-electron chi connectivity index (χ0n) is 10.2. The molecule has 0 bridgehead atoms. The molecule has 4 heteroatoms. The van der Waals surface area contributed by atoms with E-state index in [9.17, 15) is 4.79 Å². The number of aliphatic carboxylic acids is 1. The summed E-state index contributed by atoms with van der Waals surface area (Å²) < 4.78 is 5.01. The van der Waals surface area contributed by atoms with Crippen LogP contribution in [0.4, 0.5) is 0 Å². The Morgan fingerprint density at radius 3 is 2.94 bits per heavy atom. The second-order valence-electron chi connectivity index (χ2n) is 4.48. The number of unbranched alkanes of at least 4 members (excludes halogenated alkanes) is 1. The lowest BCUT2D eigenvalue weighted by atomic mass is 9.99. The standard InChI is InChI=1S/C12H23NO3/c1-16-9-5-4-8-13-7-3-2-6-11(13)10-12(14)15/h11H,2-10H2,1H3,(H,14,15). The van der Waals surface area contributed by atoms with Crippen molar-refractivity contribution in [3.8, 4) is 0 Å². The third-order valence-corrected chi connectivity index (χ3v) is 3.20. The van der Waals surface area contributed by atoms with Crippen LogP contribution >= 0.6 is 0 Å². The van der Waals surface area contributed by atoms with Gasteiger partial charge in [-0.05, 0) is 38.8 Å². The van der Waals surface area contributed by atoms with Crippen LogP contribution in [0.2, 0.25) is 0 Å². The molecule has 0 aromatic rings. The zero-order valence-corrected chi connectivity index (χ0v) is 10.2. The minimum atomic E-state index is -0.672. The fourth-order valence-electron chi connectivity index (χ4n) is 2.35. The molecule has 1 N–H and O–H groups in total. The summed E-state index contributed by atoms with van der Waals surface area (Å²) in [6.07, 6.45) is 5.88. The maximum absolute atomic E-state index is 10.7. The average molecular weight is 229 g/mol. The zero-order chi connectivity index (χ0) is 11.8. The first-order chi connectivity index (χ1) is 7.74. The molecule has 1 atom stereocenters. The molecule has 0 aliphatic carbocycles. The molecule has 94 valence electrons. The molecule has 0 spiro atoms. The molecule has 16 heavy (non-hydrogen) atoms. The van der Waals surface area contributed by atoms with Crippen molar-refractivity contribution < 1.29 is 14.6 Å². The molecule has 1 aliphatic heterocycles. The normalized spacial score (nSPS) is 22.2. The highest BCUT2D eigenvalue weighted by atomic mass is 16.5. The van der Waals surface area contributed by atoms with Gasteiger partial charge in [-0.25, -0.2) is 0 Å². The Kier molecular flexibility index (Phi) is 6.42. The highest BCUT2D eigenvalue weighted by Gasteiger charge is 2.23. The van der Waals surface area contributed by atoms with Crippen LogP contribution in [0.25, 0.3) is 0 Å². The minimum absolute atomic E-state index is 0.258. The van der Waals surface area contributed by atoms with Crippen LogP contribution in [0, 0.1) is 0 Å². The molecular formula is C12H23NO3. The number of rotatable bonds is 7. The van der Waals surface area contributed by atoms with Gasteiger partial charge in [0, 0.05) is 19.8 Å². The second-order valence-corrected chi connectivity index (χ2v) is 4.48. The van der Waals surface area contributed by atoms with Crippen LogP contribution in [0.3, 0.4) is 0 Å². The maximum atomic E-state index is 10.7. The third kappa shape index (κ3) is 4.94. The van der Waals surface area contributed by atoms with Crippen LogP contribution in [0.1, 0.15) is 38.5 Å². The molecule has 0 aromatic heterocycles. The summed E-state index contributed by atoms with van der Waals surface area (Å²) in [5, 5.41) is 8.85. The van der Waals surface area contributed by atoms with Crippen LogP contribution in [-0.2, 0) is 9.53 Å². The fraction of sp³-hybridized carbons (Fsp3) is 0.917. The Hall–Kier alpha value is -0.610. The fourth-order valence-corrected chi connectivity index (χ4v) is 2.35. The van der Waals surface area contributed by atoms with E-state index in [1.165, 1.54) is 12.8 Å². The molecular weight excluding hydrogens is 206 g/mol. The Bertz CT molecular complexity index is 208. The lowest BCUT2D eigenvalue weighted by Gasteiger charge is -2.34. The molecule has 0 saturated carbocycles. The van der Waals surface area contributed by atoms with Gasteiger partial charge < -0.3 is 9.84 Å². The maximum Gasteiger partial charge on any atom is 0.304 e. The van der Waals surface area contributed by atoms with Crippen molar-refractivity contribution in [1.82, 2.24) is 4.90 Å². The van der Waals surface area contributed by atoms with E-state index >= 15 is 0 Å². The Morgan fingerprint density at radius 2 is 2.25 bits per heavy atom. The smallest absolute Gasteiger partial charge is 0.304 e. The summed E-state index contributed by atoms with van der Waals surface area (Å²) in [5.74, 6) is -0.672. The SMILES string of the molecule is COCCCCN1CCCCC1CC(=O)O. The Balaban J connectivity index is 2.26. The summed E-state index contributed by atoms with van der Waals surface area (Å²) in [6.45, 7) is 2.88. The van der Waals surface area contributed by atoms with Gasteiger partial charge in [0.25, 0.3) is 0 Å². The van der Waals surface area contributed by atoms with Crippen molar-refractivity contribution in [2.24, 2.45) is 0 Å². The number of piperidine rings is 1. The van der Waals surface area contributed by atoms with Crippen molar-refractivity contribution in [1.29, 1.82) is 0 Å². The highest BCUT2D eigenvalue weighted by molar-refractivity contribution is 5.67. The van der Waals surface area contributed by atoms with Gasteiger partial charge in [-0.1, -0.05) is 6.42 Å². The molecule has 0 amide bonds. The number of ether oxygens (including phenoxy) is 1. The minimum Gasteiger partial charge on any atom is -0.481 e. The van der Waals surface area contributed by atoms with Gasteiger partial charge >= 0.3 is 5.97 Å². The molecule has 1 rings (SSSR count). The van der Waals surface area contributed by atoms with E-state index < -0.39 is 5.97 Å². The number of nitrogens with zero attached hydrogens (tertiary/aromatic N) is 1. The van der Waals surface area contributed by atoms with Crippen molar-refractivity contribution >= 4 is 5.97 Å². The van der Waals surface area contributed by atoms with Gasteiger partial charge in [0.15, 0.2) is 0 Å². The molecule has 0 aromatic carbocycles. The Labute approximate surface area is 97.6 Å². The molecule has 4 nitrogen and oxygen atoms in total. The van der Waals surface area contributed by atoms with Crippen LogP contribution < -0.4 is 0 Å². The predicted octanol–water partition coefficient (Wildman–Crippen LogP) is 1.74. The first-order valence-corrected chi connectivity index (χ1v) is 6.19. The third-order valence-electron chi connectivity index (χ3n) is 3.20. The summed E-state index contributed by atoms with van der Waals surface area (Å²) in [7, 11) is 1.72. The second kappa shape index (κ2) is 7.63. The van der Waals surface area contributed by atoms with E-state index in [0.29, 0.717) is 6.42 Å². The number of hydrogen-bond acceptors (Lipinski definition) is 3. The van der Waals surface area contributed by atoms with Crippen molar-refractivity contribution in [3.05, 3.63) is 0 Å². The number of hydrogen-bond donors (Lipinski definition) is 1. The van der Waals surface area contributed by atoms with Crippen LogP contribution in [0.5, 0.6) is 0 Å². The van der Waals surface area contributed by atoms with Gasteiger partial charge in [0.05, 0.1) is 6.42 Å². The number of methoxy groups -OCH3 is 1. The van der Waals surface area contributed by atoms with Gasteiger partial charge in [-0.15, -0.1) is 0 Å². The van der Waals surface area contributed by atoms with E-state index in [2.05, 4.69) is 4.90 Å². The first kappa shape index (κ1) is 13.5. The average Bonchev–Trinajstić information content (AvgIpc) is 2.26. The lowest BCUT2D eigenvalue weighted by Crippen LogP contribution is -2.41. The van der Waals surface area contributed by atoms with E-state index in [1.54, 1.807) is 7.11 Å². The van der Waals surface area contributed by atoms with Crippen molar-refractivity contribution in [2.75, 3.05) is 26.8 Å². The number of carboxylic acids is 1. The predicted molar refractivity (Wildman–Crippen MR) is 62.6 cm³/mol. The van der Waals surface area contributed by atoms with Crippen molar-refractivity contribution in [2.45, 2.75) is 44.6 Å². The molecule has 0 radical (unpaired) electrons.